The van der Waals surface area contributed by atoms with Crippen molar-refractivity contribution in [1.29, 1.82) is 0 Å². The number of nitrogen functional groups attached to an aromatic ring is 1. The maximum Gasteiger partial charge on any atom is 0.126 e. The maximum absolute atomic E-state index is 10.0. The highest BCUT2D eigenvalue weighted by Gasteiger charge is 2.09. The van der Waals surface area contributed by atoms with Crippen molar-refractivity contribution in [3.05, 3.63) is 58.7 Å². The lowest BCUT2D eigenvalue weighted by Crippen LogP contribution is -2.15. The van der Waals surface area contributed by atoms with Crippen molar-refractivity contribution in [2.24, 2.45) is 0 Å². The number of halogens is 1. The van der Waals surface area contributed by atoms with Crippen LogP contribution in [0.1, 0.15) is 11.1 Å². The van der Waals surface area contributed by atoms with E-state index in [1.54, 1.807) is 6.20 Å². The van der Waals surface area contributed by atoms with E-state index >= 15 is 0 Å². The lowest BCUT2D eigenvalue weighted by molar-refractivity contribution is 0.175. The third kappa shape index (κ3) is 3.45. The number of nitrogens with two attached hydrogens (primary N) is 1. The standard InChI is InChI=1S/C14H15ClN2O/c15-12-5-3-10(4-6-12)8-13(18)9-11-2-1-7-17-14(11)16/h1-7,13,18H,8-9H2,(H2,16,17). The zero-order chi connectivity index (χ0) is 13.0. The van der Waals surface area contributed by atoms with Crippen LogP contribution in [0.2, 0.25) is 5.02 Å². The van der Waals surface area contributed by atoms with Gasteiger partial charge in [0.1, 0.15) is 5.82 Å². The Morgan fingerprint density at radius 3 is 2.56 bits per heavy atom. The van der Waals surface area contributed by atoms with Gasteiger partial charge in [-0.05, 0) is 35.7 Å². The van der Waals surface area contributed by atoms with Crippen LogP contribution in [0.4, 0.5) is 5.82 Å². The zero-order valence-corrected chi connectivity index (χ0v) is 10.6. The Balaban J connectivity index is 1.99. The van der Waals surface area contributed by atoms with Crippen LogP contribution in [0.5, 0.6) is 0 Å². The average Bonchev–Trinajstić information content (AvgIpc) is 2.35. The Bertz CT molecular complexity index is 513. The van der Waals surface area contributed by atoms with Crippen molar-refractivity contribution < 1.29 is 5.11 Å². The van der Waals surface area contributed by atoms with Crippen LogP contribution in [-0.4, -0.2) is 16.2 Å². The van der Waals surface area contributed by atoms with Crippen molar-refractivity contribution in [3.8, 4) is 0 Å². The number of aliphatic hydroxyl groups excluding tert-OH is 1. The monoisotopic (exact) mass is 262 g/mol. The summed E-state index contributed by atoms with van der Waals surface area (Å²) in [6.07, 6.45) is 2.25. The van der Waals surface area contributed by atoms with E-state index in [9.17, 15) is 5.11 Å². The molecule has 3 N–H and O–H groups in total. The maximum atomic E-state index is 10.0. The molecule has 0 saturated carbocycles. The molecular weight excluding hydrogens is 248 g/mol. The van der Waals surface area contributed by atoms with E-state index in [1.165, 1.54) is 0 Å². The van der Waals surface area contributed by atoms with E-state index in [-0.39, 0.29) is 0 Å². The molecule has 94 valence electrons. The number of rotatable bonds is 4. The summed E-state index contributed by atoms with van der Waals surface area (Å²) < 4.78 is 0. The quantitative estimate of drug-likeness (QED) is 0.890. The predicted octanol–water partition coefficient (Wildman–Crippen LogP) is 2.46. The predicted molar refractivity (Wildman–Crippen MR) is 73.5 cm³/mol. The Morgan fingerprint density at radius 1 is 1.17 bits per heavy atom. The fraction of sp³-hybridized carbons (Fsp3) is 0.214. The lowest BCUT2D eigenvalue weighted by Gasteiger charge is -2.11. The van der Waals surface area contributed by atoms with Gasteiger partial charge in [0.2, 0.25) is 0 Å². The Morgan fingerprint density at radius 2 is 1.89 bits per heavy atom. The van der Waals surface area contributed by atoms with Crippen LogP contribution < -0.4 is 5.73 Å². The first-order chi connectivity index (χ1) is 8.65. The molecule has 0 aliphatic heterocycles. The Hall–Kier alpha value is -1.58. The number of pyridine rings is 1. The summed E-state index contributed by atoms with van der Waals surface area (Å²) in [5, 5.41) is 10.7. The van der Waals surface area contributed by atoms with E-state index in [0.29, 0.717) is 23.7 Å². The van der Waals surface area contributed by atoms with E-state index in [1.807, 2.05) is 36.4 Å². The second-order valence-corrected chi connectivity index (χ2v) is 4.67. The molecule has 0 amide bonds. The second-order valence-electron chi connectivity index (χ2n) is 4.24. The number of nitrogens with zero attached hydrogens (tertiary/aromatic N) is 1. The van der Waals surface area contributed by atoms with Gasteiger partial charge in [0, 0.05) is 17.6 Å². The van der Waals surface area contributed by atoms with Gasteiger partial charge in [-0.3, -0.25) is 0 Å². The Labute approximate surface area is 111 Å². The number of hydrogen-bond acceptors (Lipinski definition) is 3. The van der Waals surface area contributed by atoms with Gasteiger partial charge in [-0.15, -0.1) is 0 Å². The minimum absolute atomic E-state index is 0.474. The van der Waals surface area contributed by atoms with Crippen molar-refractivity contribution in [2.45, 2.75) is 18.9 Å². The van der Waals surface area contributed by atoms with Crippen molar-refractivity contribution >= 4 is 17.4 Å². The highest BCUT2D eigenvalue weighted by Crippen LogP contribution is 2.15. The van der Waals surface area contributed by atoms with Gasteiger partial charge in [0.05, 0.1) is 6.10 Å². The largest absolute Gasteiger partial charge is 0.392 e. The topological polar surface area (TPSA) is 59.1 Å². The minimum Gasteiger partial charge on any atom is -0.392 e. The molecule has 0 spiro atoms. The third-order valence-corrected chi connectivity index (χ3v) is 3.02. The molecule has 1 heterocycles. The lowest BCUT2D eigenvalue weighted by atomic mass is 10.0. The van der Waals surface area contributed by atoms with Crippen LogP contribution in [-0.2, 0) is 12.8 Å². The summed E-state index contributed by atoms with van der Waals surface area (Å²) in [4.78, 5) is 4.00. The summed E-state index contributed by atoms with van der Waals surface area (Å²) in [6.45, 7) is 0. The molecule has 0 aliphatic carbocycles. The van der Waals surface area contributed by atoms with Crippen LogP contribution in [0.25, 0.3) is 0 Å². The molecule has 3 nitrogen and oxygen atoms in total. The minimum atomic E-state index is -0.474. The molecular formula is C14H15ClN2O. The SMILES string of the molecule is Nc1ncccc1CC(O)Cc1ccc(Cl)cc1. The van der Waals surface area contributed by atoms with Crippen molar-refractivity contribution in [3.63, 3.8) is 0 Å². The van der Waals surface area contributed by atoms with E-state index in [0.717, 1.165) is 11.1 Å². The van der Waals surface area contributed by atoms with Crippen LogP contribution in [0.3, 0.4) is 0 Å². The van der Waals surface area contributed by atoms with E-state index in [2.05, 4.69) is 4.98 Å². The van der Waals surface area contributed by atoms with Gasteiger partial charge in [0.25, 0.3) is 0 Å². The molecule has 2 rings (SSSR count). The number of benzene rings is 1. The molecule has 0 fully saturated rings. The first-order valence-electron chi connectivity index (χ1n) is 5.77. The molecule has 2 aromatic rings. The van der Waals surface area contributed by atoms with Gasteiger partial charge in [-0.1, -0.05) is 29.8 Å². The van der Waals surface area contributed by atoms with Crippen molar-refractivity contribution in [1.82, 2.24) is 4.98 Å². The first kappa shape index (κ1) is 12.9. The van der Waals surface area contributed by atoms with Gasteiger partial charge in [0.15, 0.2) is 0 Å². The van der Waals surface area contributed by atoms with Crippen molar-refractivity contribution in [2.75, 3.05) is 5.73 Å². The Kier molecular flexibility index (Phi) is 4.18. The summed E-state index contributed by atoms with van der Waals surface area (Å²) in [5.74, 6) is 0.479. The number of aromatic nitrogens is 1. The number of hydrogen-bond donors (Lipinski definition) is 2. The first-order valence-corrected chi connectivity index (χ1v) is 6.15. The number of anilines is 1. The third-order valence-electron chi connectivity index (χ3n) is 2.77. The molecule has 18 heavy (non-hydrogen) atoms. The van der Waals surface area contributed by atoms with E-state index in [4.69, 9.17) is 17.3 Å². The smallest absolute Gasteiger partial charge is 0.126 e. The zero-order valence-electron chi connectivity index (χ0n) is 9.88. The summed E-state index contributed by atoms with van der Waals surface area (Å²) in [6, 6.07) is 11.2. The second kappa shape index (κ2) is 5.85. The molecule has 0 saturated heterocycles. The van der Waals surface area contributed by atoms with Gasteiger partial charge in [-0.2, -0.15) is 0 Å². The molecule has 0 bridgehead atoms. The van der Waals surface area contributed by atoms with Crippen LogP contribution in [0, 0.1) is 0 Å². The molecule has 1 unspecified atom stereocenters. The molecule has 4 heteroatoms. The summed E-state index contributed by atoms with van der Waals surface area (Å²) in [7, 11) is 0. The molecule has 1 aromatic carbocycles. The number of aliphatic hydroxyl groups is 1. The molecule has 0 radical (unpaired) electrons. The van der Waals surface area contributed by atoms with Gasteiger partial charge in [-0.25, -0.2) is 4.98 Å². The highest BCUT2D eigenvalue weighted by molar-refractivity contribution is 6.30. The summed E-state index contributed by atoms with van der Waals surface area (Å²) >= 11 is 5.81. The van der Waals surface area contributed by atoms with Gasteiger partial charge < -0.3 is 10.8 Å². The normalized spacial score (nSPS) is 12.3. The molecule has 0 aliphatic rings. The van der Waals surface area contributed by atoms with Crippen LogP contribution in [0.15, 0.2) is 42.6 Å². The fourth-order valence-electron chi connectivity index (χ4n) is 1.84. The fourth-order valence-corrected chi connectivity index (χ4v) is 1.97. The van der Waals surface area contributed by atoms with Crippen LogP contribution >= 0.6 is 11.6 Å². The highest BCUT2D eigenvalue weighted by atomic mass is 35.5. The van der Waals surface area contributed by atoms with Gasteiger partial charge >= 0.3 is 0 Å². The van der Waals surface area contributed by atoms with E-state index < -0.39 is 6.10 Å². The molecule has 1 atom stereocenters. The average molecular weight is 263 g/mol. The summed E-state index contributed by atoms with van der Waals surface area (Å²) in [5.41, 5.74) is 7.67. The molecule has 1 aromatic heterocycles.